The van der Waals surface area contributed by atoms with E-state index in [2.05, 4.69) is 17.9 Å². The first kappa shape index (κ1) is 12.3. The first-order chi connectivity index (χ1) is 8.24. The molecule has 1 aromatic rings. The van der Waals surface area contributed by atoms with Gasteiger partial charge in [0.05, 0.1) is 16.3 Å². The maximum atomic E-state index is 9.23. The lowest BCUT2D eigenvalue weighted by atomic mass is 10.1. The van der Waals surface area contributed by atoms with Crippen LogP contribution < -0.4 is 4.90 Å². The molecule has 0 amide bonds. The van der Waals surface area contributed by atoms with Gasteiger partial charge in [0.1, 0.15) is 6.07 Å². The summed E-state index contributed by atoms with van der Waals surface area (Å²) in [6.45, 7) is 3.25. The molecule has 1 fully saturated rings. The minimum Gasteiger partial charge on any atom is -0.368 e. The molecule has 2 nitrogen and oxygen atoms in total. The van der Waals surface area contributed by atoms with Gasteiger partial charge in [-0.2, -0.15) is 5.26 Å². The number of anilines is 1. The number of halogens is 1. The van der Waals surface area contributed by atoms with Crippen LogP contribution in [0.4, 0.5) is 5.69 Å². The zero-order chi connectivity index (χ0) is 12.3. The molecule has 1 aliphatic heterocycles. The fourth-order valence-electron chi connectivity index (χ4n) is 2.50. The fraction of sp³-hybridized carbons (Fsp3) is 0.500. The van der Waals surface area contributed by atoms with E-state index in [0.717, 1.165) is 12.2 Å². The second kappa shape index (κ2) is 5.42. The summed E-state index contributed by atoms with van der Waals surface area (Å²) in [5.41, 5.74) is 1.61. The molecule has 0 saturated carbocycles. The minimum atomic E-state index is 0.489. The predicted molar refractivity (Wildman–Crippen MR) is 71.4 cm³/mol. The normalized spacial score (nSPS) is 20.8. The van der Waals surface area contributed by atoms with E-state index in [-0.39, 0.29) is 0 Å². The summed E-state index contributed by atoms with van der Waals surface area (Å²) in [4.78, 5) is 2.33. The first-order valence-electron chi connectivity index (χ1n) is 6.19. The van der Waals surface area contributed by atoms with Crippen LogP contribution in [-0.4, -0.2) is 12.6 Å². The van der Waals surface area contributed by atoms with Gasteiger partial charge in [-0.05, 0) is 31.9 Å². The summed E-state index contributed by atoms with van der Waals surface area (Å²) >= 11 is 6.09. The zero-order valence-corrected chi connectivity index (χ0v) is 10.9. The van der Waals surface area contributed by atoms with Crippen LogP contribution in [0, 0.1) is 11.3 Å². The summed E-state index contributed by atoms with van der Waals surface area (Å²) in [7, 11) is 0. The van der Waals surface area contributed by atoms with Crippen LogP contribution in [0.1, 0.15) is 38.2 Å². The summed E-state index contributed by atoms with van der Waals surface area (Å²) < 4.78 is 0. The largest absolute Gasteiger partial charge is 0.368 e. The highest BCUT2D eigenvalue weighted by molar-refractivity contribution is 6.32. The minimum absolute atomic E-state index is 0.489. The van der Waals surface area contributed by atoms with Crippen molar-refractivity contribution >= 4 is 17.3 Å². The SMILES string of the molecule is CC1CCCCCN1c1cccc(Cl)c1C#N. The van der Waals surface area contributed by atoms with Crippen LogP contribution in [-0.2, 0) is 0 Å². The first-order valence-corrected chi connectivity index (χ1v) is 6.57. The van der Waals surface area contributed by atoms with Crippen molar-refractivity contribution in [3.05, 3.63) is 28.8 Å². The Labute approximate surface area is 108 Å². The topological polar surface area (TPSA) is 27.0 Å². The zero-order valence-electron chi connectivity index (χ0n) is 10.1. The van der Waals surface area contributed by atoms with Gasteiger partial charge in [-0.15, -0.1) is 0 Å². The Morgan fingerprint density at radius 1 is 1.35 bits per heavy atom. The number of nitrogens with zero attached hydrogens (tertiary/aromatic N) is 2. The maximum absolute atomic E-state index is 9.23. The number of nitriles is 1. The average Bonchev–Trinajstić information content (AvgIpc) is 2.53. The molecule has 2 rings (SSSR count). The third-order valence-electron chi connectivity index (χ3n) is 3.47. The van der Waals surface area contributed by atoms with E-state index in [1.165, 1.54) is 25.7 Å². The van der Waals surface area contributed by atoms with Gasteiger partial charge in [-0.3, -0.25) is 0 Å². The van der Waals surface area contributed by atoms with Crippen LogP contribution >= 0.6 is 11.6 Å². The molecule has 0 radical (unpaired) electrons. The van der Waals surface area contributed by atoms with Crippen LogP contribution in [0.15, 0.2) is 18.2 Å². The van der Waals surface area contributed by atoms with Gasteiger partial charge in [-0.25, -0.2) is 0 Å². The second-order valence-corrected chi connectivity index (χ2v) is 5.04. The Morgan fingerprint density at radius 3 is 2.94 bits per heavy atom. The highest BCUT2D eigenvalue weighted by Crippen LogP contribution is 2.30. The van der Waals surface area contributed by atoms with Gasteiger partial charge in [0.25, 0.3) is 0 Å². The summed E-state index contributed by atoms with van der Waals surface area (Å²) in [5.74, 6) is 0. The molecule has 1 saturated heterocycles. The standard InChI is InChI=1S/C14H17ClN2/c1-11-6-3-2-4-9-17(11)14-8-5-7-13(15)12(14)10-16/h5,7-8,11H,2-4,6,9H2,1H3. The highest BCUT2D eigenvalue weighted by Gasteiger charge is 2.20. The number of rotatable bonds is 1. The summed E-state index contributed by atoms with van der Waals surface area (Å²) in [5, 5.41) is 9.78. The van der Waals surface area contributed by atoms with Crippen molar-refractivity contribution in [1.29, 1.82) is 5.26 Å². The lowest BCUT2D eigenvalue weighted by molar-refractivity contribution is 0.616. The Bertz CT molecular complexity index is 436. The number of hydrogen-bond acceptors (Lipinski definition) is 2. The van der Waals surface area contributed by atoms with Crippen molar-refractivity contribution < 1.29 is 0 Å². The smallest absolute Gasteiger partial charge is 0.103 e. The lowest BCUT2D eigenvalue weighted by Crippen LogP contribution is -2.33. The molecule has 1 aromatic carbocycles. The van der Waals surface area contributed by atoms with Crippen molar-refractivity contribution in [3.8, 4) is 6.07 Å². The molecule has 17 heavy (non-hydrogen) atoms. The average molecular weight is 249 g/mol. The third-order valence-corrected chi connectivity index (χ3v) is 3.78. The second-order valence-electron chi connectivity index (χ2n) is 4.64. The molecule has 1 heterocycles. The van der Waals surface area contributed by atoms with E-state index in [1.807, 2.05) is 12.1 Å². The van der Waals surface area contributed by atoms with Crippen molar-refractivity contribution in [2.24, 2.45) is 0 Å². The molecular formula is C14H17ClN2. The molecule has 0 aliphatic carbocycles. The molecule has 0 aromatic heterocycles. The van der Waals surface area contributed by atoms with Crippen molar-refractivity contribution in [1.82, 2.24) is 0 Å². The number of hydrogen-bond donors (Lipinski definition) is 0. The van der Waals surface area contributed by atoms with Crippen molar-refractivity contribution in [2.45, 2.75) is 38.6 Å². The van der Waals surface area contributed by atoms with Crippen molar-refractivity contribution in [3.63, 3.8) is 0 Å². The van der Waals surface area contributed by atoms with E-state index >= 15 is 0 Å². The van der Waals surface area contributed by atoms with Crippen LogP contribution in [0.2, 0.25) is 5.02 Å². The Hall–Kier alpha value is -1.20. The quantitative estimate of drug-likeness (QED) is 0.752. The van der Waals surface area contributed by atoms with Gasteiger partial charge in [-0.1, -0.05) is 30.5 Å². The molecule has 1 atom stereocenters. The van der Waals surface area contributed by atoms with E-state index in [4.69, 9.17) is 11.6 Å². The molecule has 1 aliphatic rings. The van der Waals surface area contributed by atoms with Gasteiger partial charge in [0.15, 0.2) is 0 Å². The Kier molecular flexibility index (Phi) is 3.91. The van der Waals surface area contributed by atoms with E-state index in [0.29, 0.717) is 16.6 Å². The molecular weight excluding hydrogens is 232 g/mol. The maximum Gasteiger partial charge on any atom is 0.103 e. The molecule has 90 valence electrons. The summed E-state index contributed by atoms with van der Waals surface area (Å²) in [6, 6.07) is 8.43. The monoisotopic (exact) mass is 248 g/mol. The van der Waals surface area contributed by atoms with Gasteiger partial charge >= 0.3 is 0 Å². The molecule has 1 unspecified atom stereocenters. The van der Waals surface area contributed by atoms with Gasteiger partial charge in [0, 0.05) is 12.6 Å². The highest BCUT2D eigenvalue weighted by atomic mass is 35.5. The number of benzene rings is 1. The van der Waals surface area contributed by atoms with E-state index in [9.17, 15) is 5.26 Å². The summed E-state index contributed by atoms with van der Waals surface area (Å²) in [6.07, 6.45) is 4.95. The molecule has 3 heteroatoms. The molecule has 0 N–H and O–H groups in total. The fourth-order valence-corrected chi connectivity index (χ4v) is 2.71. The van der Waals surface area contributed by atoms with Crippen LogP contribution in [0.25, 0.3) is 0 Å². The van der Waals surface area contributed by atoms with E-state index in [1.54, 1.807) is 6.07 Å². The van der Waals surface area contributed by atoms with Crippen LogP contribution in [0.3, 0.4) is 0 Å². The lowest BCUT2D eigenvalue weighted by Gasteiger charge is -2.30. The third kappa shape index (κ3) is 2.56. The van der Waals surface area contributed by atoms with E-state index < -0.39 is 0 Å². The Balaban J connectivity index is 2.38. The molecule has 0 spiro atoms. The Morgan fingerprint density at radius 2 is 2.18 bits per heavy atom. The van der Waals surface area contributed by atoms with Crippen molar-refractivity contribution in [2.75, 3.05) is 11.4 Å². The van der Waals surface area contributed by atoms with Crippen LogP contribution in [0.5, 0.6) is 0 Å². The van der Waals surface area contributed by atoms with Gasteiger partial charge < -0.3 is 4.90 Å². The molecule has 0 bridgehead atoms. The van der Waals surface area contributed by atoms with Gasteiger partial charge in [0.2, 0.25) is 0 Å². The predicted octanol–water partition coefficient (Wildman–Crippen LogP) is 3.98.